The van der Waals surface area contributed by atoms with Gasteiger partial charge in [0.1, 0.15) is 24.5 Å². The molecule has 0 radical (unpaired) electrons. The molecule has 0 atom stereocenters. The number of ether oxygens (including phenoxy) is 1. The predicted molar refractivity (Wildman–Crippen MR) is 135 cm³/mol. The number of piperidine rings is 1. The molecule has 3 aromatic carbocycles. The Kier molecular flexibility index (Phi) is 6.38. The van der Waals surface area contributed by atoms with E-state index in [0.29, 0.717) is 18.0 Å². The number of aromatic nitrogens is 2. The predicted octanol–water partition coefficient (Wildman–Crippen LogP) is 5.37. The molecule has 1 fully saturated rings. The lowest BCUT2D eigenvalue weighted by Crippen LogP contribution is -2.38. The molecule has 0 spiro atoms. The van der Waals surface area contributed by atoms with Crippen LogP contribution in [0, 0.1) is 12.8 Å². The van der Waals surface area contributed by atoms with Gasteiger partial charge >= 0.3 is 0 Å². The zero-order valence-corrected chi connectivity index (χ0v) is 19.3. The number of rotatable bonds is 6. The molecule has 1 aromatic heterocycles. The lowest BCUT2D eigenvalue weighted by Gasteiger charge is -2.32. The van der Waals surface area contributed by atoms with Crippen molar-refractivity contribution in [2.75, 3.05) is 23.3 Å². The molecule has 4 aromatic rings. The minimum absolute atomic E-state index is 0.0406. The Hall–Kier alpha value is -3.93. The molecule has 2 heterocycles. The molecule has 0 unspecified atom stereocenters. The maximum absolute atomic E-state index is 13.1. The average molecular weight is 453 g/mol. The van der Waals surface area contributed by atoms with Crippen LogP contribution in [0.2, 0.25) is 0 Å². The fourth-order valence-electron chi connectivity index (χ4n) is 4.49. The minimum Gasteiger partial charge on any atom is -0.487 e. The van der Waals surface area contributed by atoms with Crippen LogP contribution < -0.4 is 15.0 Å². The Bertz CT molecular complexity index is 1290. The van der Waals surface area contributed by atoms with Gasteiger partial charge < -0.3 is 15.0 Å². The Morgan fingerprint density at radius 1 is 1.00 bits per heavy atom. The summed E-state index contributed by atoms with van der Waals surface area (Å²) >= 11 is 0. The van der Waals surface area contributed by atoms with Crippen molar-refractivity contribution >= 4 is 28.3 Å². The van der Waals surface area contributed by atoms with Crippen molar-refractivity contribution in [3.8, 4) is 5.75 Å². The Morgan fingerprint density at radius 2 is 1.79 bits per heavy atom. The Morgan fingerprint density at radius 3 is 2.65 bits per heavy atom. The second-order valence-corrected chi connectivity index (χ2v) is 8.74. The summed E-state index contributed by atoms with van der Waals surface area (Å²) in [5.41, 5.74) is 3.95. The van der Waals surface area contributed by atoms with E-state index in [4.69, 9.17) is 4.74 Å². The van der Waals surface area contributed by atoms with Crippen LogP contribution in [-0.2, 0) is 11.4 Å². The van der Waals surface area contributed by atoms with E-state index in [1.807, 2.05) is 54.6 Å². The number of hydrogen-bond acceptors (Lipinski definition) is 5. The third-order valence-electron chi connectivity index (χ3n) is 6.31. The van der Waals surface area contributed by atoms with Gasteiger partial charge in [-0.2, -0.15) is 0 Å². The van der Waals surface area contributed by atoms with Crippen molar-refractivity contribution in [1.82, 2.24) is 9.97 Å². The van der Waals surface area contributed by atoms with Crippen LogP contribution in [0.3, 0.4) is 0 Å². The van der Waals surface area contributed by atoms with E-state index in [1.54, 1.807) is 6.33 Å². The number of fused-ring (bicyclic) bond motifs is 1. The van der Waals surface area contributed by atoms with E-state index in [0.717, 1.165) is 48.2 Å². The van der Waals surface area contributed by atoms with Crippen LogP contribution >= 0.6 is 0 Å². The largest absolute Gasteiger partial charge is 0.487 e. The summed E-state index contributed by atoms with van der Waals surface area (Å²) in [6.45, 7) is 4.09. The van der Waals surface area contributed by atoms with Gasteiger partial charge in [-0.15, -0.1) is 0 Å². The van der Waals surface area contributed by atoms with Gasteiger partial charge in [0.25, 0.3) is 0 Å². The maximum atomic E-state index is 13.1. The lowest BCUT2D eigenvalue weighted by atomic mass is 9.95. The first-order valence-electron chi connectivity index (χ1n) is 11.7. The highest BCUT2D eigenvalue weighted by molar-refractivity contribution is 5.94. The summed E-state index contributed by atoms with van der Waals surface area (Å²) in [4.78, 5) is 24.2. The first kappa shape index (κ1) is 21.9. The number of nitrogens with zero attached hydrogens (tertiary/aromatic N) is 3. The highest BCUT2D eigenvalue weighted by Gasteiger charge is 2.27. The molecule has 0 bridgehead atoms. The number of amides is 1. The van der Waals surface area contributed by atoms with Gasteiger partial charge in [0, 0.05) is 24.4 Å². The Balaban J connectivity index is 1.21. The fourth-order valence-corrected chi connectivity index (χ4v) is 4.49. The number of nitrogens with one attached hydrogen (secondary N) is 1. The van der Waals surface area contributed by atoms with Crippen LogP contribution in [0.5, 0.6) is 5.75 Å². The number of anilines is 2. The number of aryl methyl sites for hydroxylation is 1. The zero-order valence-electron chi connectivity index (χ0n) is 19.3. The molecule has 5 rings (SSSR count). The van der Waals surface area contributed by atoms with E-state index in [9.17, 15) is 4.79 Å². The van der Waals surface area contributed by atoms with Gasteiger partial charge in [-0.25, -0.2) is 9.97 Å². The molecule has 6 heteroatoms. The van der Waals surface area contributed by atoms with Crippen LogP contribution in [0.25, 0.3) is 10.9 Å². The molecule has 6 nitrogen and oxygen atoms in total. The molecule has 1 amide bonds. The molecule has 0 saturated carbocycles. The monoisotopic (exact) mass is 452 g/mol. The molecule has 172 valence electrons. The fraction of sp³-hybridized carbons (Fsp3) is 0.250. The van der Waals surface area contributed by atoms with Gasteiger partial charge in [-0.05, 0) is 49.6 Å². The quantitative estimate of drug-likeness (QED) is 0.426. The van der Waals surface area contributed by atoms with Crippen molar-refractivity contribution < 1.29 is 9.53 Å². The number of hydrogen-bond donors (Lipinski definition) is 1. The summed E-state index contributed by atoms with van der Waals surface area (Å²) in [5.74, 6) is 1.62. The molecule has 34 heavy (non-hydrogen) atoms. The van der Waals surface area contributed by atoms with Gasteiger partial charge in [-0.1, -0.05) is 54.1 Å². The van der Waals surface area contributed by atoms with Crippen molar-refractivity contribution in [3.63, 3.8) is 0 Å². The molecule has 1 aliphatic rings. The second kappa shape index (κ2) is 9.91. The standard InChI is InChI=1S/C28H28N4O2/c1-20-7-6-8-21(17-20)18-34-26-12-5-4-11-25(26)31-28(33)22-13-15-32(16-14-22)27-23-9-2-3-10-24(23)29-19-30-27/h2-12,17,19,22H,13-16,18H2,1H3,(H,31,33). The smallest absolute Gasteiger partial charge is 0.227 e. The van der Waals surface area contributed by atoms with Gasteiger partial charge in [-0.3, -0.25) is 4.79 Å². The SMILES string of the molecule is Cc1cccc(COc2ccccc2NC(=O)C2CCN(c3ncnc4ccccc34)CC2)c1. The summed E-state index contributed by atoms with van der Waals surface area (Å²) in [7, 11) is 0. The van der Waals surface area contributed by atoms with Crippen LogP contribution in [0.4, 0.5) is 11.5 Å². The molecule has 0 aliphatic carbocycles. The highest BCUT2D eigenvalue weighted by Crippen LogP contribution is 2.30. The van der Waals surface area contributed by atoms with Crippen LogP contribution in [0.1, 0.15) is 24.0 Å². The van der Waals surface area contributed by atoms with E-state index >= 15 is 0 Å². The van der Waals surface area contributed by atoms with Gasteiger partial charge in [0.2, 0.25) is 5.91 Å². The number of benzene rings is 3. The minimum atomic E-state index is -0.0471. The Labute approximate surface area is 199 Å². The van der Waals surface area contributed by atoms with Crippen LogP contribution in [0.15, 0.2) is 79.1 Å². The third-order valence-corrected chi connectivity index (χ3v) is 6.31. The normalized spacial score (nSPS) is 14.2. The molecule has 1 aliphatic heterocycles. The first-order valence-corrected chi connectivity index (χ1v) is 11.7. The summed E-state index contributed by atoms with van der Waals surface area (Å²) in [6.07, 6.45) is 3.16. The summed E-state index contributed by atoms with van der Waals surface area (Å²) in [5, 5.41) is 4.15. The van der Waals surface area contributed by atoms with Gasteiger partial charge in [0.05, 0.1) is 11.2 Å². The zero-order chi connectivity index (χ0) is 23.3. The van der Waals surface area contributed by atoms with Crippen molar-refractivity contribution in [2.45, 2.75) is 26.4 Å². The average Bonchev–Trinajstić information content (AvgIpc) is 2.88. The van der Waals surface area contributed by atoms with Gasteiger partial charge in [0.15, 0.2) is 0 Å². The lowest BCUT2D eigenvalue weighted by molar-refractivity contribution is -0.120. The number of para-hydroxylation sites is 3. The summed E-state index contributed by atoms with van der Waals surface area (Å²) < 4.78 is 6.05. The maximum Gasteiger partial charge on any atom is 0.227 e. The molecular formula is C28H28N4O2. The first-order chi connectivity index (χ1) is 16.7. The second-order valence-electron chi connectivity index (χ2n) is 8.74. The molecular weight excluding hydrogens is 424 g/mol. The topological polar surface area (TPSA) is 67.3 Å². The van der Waals surface area contributed by atoms with Crippen molar-refractivity contribution in [3.05, 3.63) is 90.3 Å². The number of carbonyl (C=O) groups is 1. The molecule has 1 saturated heterocycles. The van der Waals surface area contributed by atoms with Crippen LogP contribution in [-0.4, -0.2) is 29.0 Å². The van der Waals surface area contributed by atoms with E-state index in [-0.39, 0.29) is 11.8 Å². The highest BCUT2D eigenvalue weighted by atomic mass is 16.5. The van der Waals surface area contributed by atoms with Crippen molar-refractivity contribution in [1.29, 1.82) is 0 Å². The van der Waals surface area contributed by atoms with E-state index in [2.05, 4.69) is 45.3 Å². The van der Waals surface area contributed by atoms with Crippen molar-refractivity contribution in [2.24, 2.45) is 5.92 Å². The molecule has 1 N–H and O–H groups in total. The van der Waals surface area contributed by atoms with E-state index in [1.165, 1.54) is 5.56 Å². The summed E-state index contributed by atoms with van der Waals surface area (Å²) in [6, 6.07) is 23.9. The third kappa shape index (κ3) is 4.86. The van der Waals surface area contributed by atoms with E-state index < -0.39 is 0 Å². The number of carbonyl (C=O) groups excluding carboxylic acids is 1.